The van der Waals surface area contributed by atoms with Gasteiger partial charge < -0.3 is 14.6 Å². The standard InChI is InChI=1S/C9H11BrO4/c1-5(8(11)12)9(2,13)6-3-4-7(10)14-6/h3-5,13H,1-2H3,(H,11,12). The molecule has 0 aliphatic rings. The molecule has 0 radical (unpaired) electrons. The molecule has 0 aromatic carbocycles. The Morgan fingerprint density at radius 3 is 2.57 bits per heavy atom. The molecular formula is C9H11BrO4. The zero-order valence-corrected chi connectivity index (χ0v) is 9.41. The molecule has 1 rings (SSSR count). The summed E-state index contributed by atoms with van der Waals surface area (Å²) in [4.78, 5) is 10.7. The van der Waals surface area contributed by atoms with Gasteiger partial charge in [0.05, 0.1) is 5.92 Å². The summed E-state index contributed by atoms with van der Waals surface area (Å²) in [6.45, 7) is 2.84. The van der Waals surface area contributed by atoms with Crippen LogP contribution in [0.15, 0.2) is 21.2 Å². The predicted octanol–water partition coefficient (Wildman–Crippen LogP) is 1.97. The molecule has 0 bridgehead atoms. The minimum absolute atomic E-state index is 0.235. The Bertz CT molecular complexity index is 342. The molecule has 0 aliphatic heterocycles. The van der Waals surface area contributed by atoms with Gasteiger partial charge in [0.25, 0.3) is 0 Å². The van der Waals surface area contributed by atoms with Crippen LogP contribution < -0.4 is 0 Å². The van der Waals surface area contributed by atoms with Gasteiger partial charge >= 0.3 is 5.97 Å². The first kappa shape index (κ1) is 11.3. The third-order valence-corrected chi connectivity index (χ3v) is 2.71. The van der Waals surface area contributed by atoms with E-state index in [1.807, 2.05) is 0 Å². The molecule has 0 saturated heterocycles. The number of hydrogen-bond donors (Lipinski definition) is 2. The van der Waals surface area contributed by atoms with Crippen LogP contribution in [0.5, 0.6) is 0 Å². The molecule has 2 atom stereocenters. The minimum atomic E-state index is -1.50. The lowest BCUT2D eigenvalue weighted by molar-refractivity contribution is -0.151. The molecule has 1 heterocycles. The second-order valence-corrected chi connectivity index (χ2v) is 4.09. The van der Waals surface area contributed by atoms with Gasteiger partial charge in [-0.15, -0.1) is 0 Å². The highest BCUT2D eigenvalue weighted by Gasteiger charge is 2.38. The Morgan fingerprint density at radius 2 is 2.21 bits per heavy atom. The highest BCUT2D eigenvalue weighted by Crippen LogP contribution is 2.31. The van der Waals surface area contributed by atoms with E-state index in [1.165, 1.54) is 13.8 Å². The fraction of sp³-hybridized carbons (Fsp3) is 0.444. The van der Waals surface area contributed by atoms with Crippen molar-refractivity contribution < 1.29 is 19.4 Å². The largest absolute Gasteiger partial charge is 0.481 e. The zero-order valence-electron chi connectivity index (χ0n) is 7.82. The molecule has 2 N–H and O–H groups in total. The van der Waals surface area contributed by atoms with Crippen LogP contribution in [0.25, 0.3) is 0 Å². The third kappa shape index (κ3) is 1.99. The van der Waals surface area contributed by atoms with Gasteiger partial charge in [0.2, 0.25) is 0 Å². The van der Waals surface area contributed by atoms with Crippen LogP contribution in [0, 0.1) is 5.92 Å². The van der Waals surface area contributed by atoms with Crippen molar-refractivity contribution in [1.82, 2.24) is 0 Å². The summed E-state index contributed by atoms with van der Waals surface area (Å²) in [7, 11) is 0. The quantitative estimate of drug-likeness (QED) is 0.874. The second-order valence-electron chi connectivity index (χ2n) is 3.31. The number of aliphatic carboxylic acids is 1. The SMILES string of the molecule is CC(C(=O)O)C(C)(O)c1ccc(Br)o1. The first-order valence-electron chi connectivity index (χ1n) is 4.06. The number of halogens is 1. The third-order valence-electron chi connectivity index (χ3n) is 2.29. The van der Waals surface area contributed by atoms with E-state index < -0.39 is 17.5 Å². The summed E-state index contributed by atoms with van der Waals surface area (Å²) in [6, 6.07) is 3.15. The van der Waals surface area contributed by atoms with Crippen LogP contribution in [0.2, 0.25) is 0 Å². The van der Waals surface area contributed by atoms with E-state index in [1.54, 1.807) is 12.1 Å². The fourth-order valence-electron chi connectivity index (χ4n) is 1.04. The molecule has 1 aromatic rings. The van der Waals surface area contributed by atoms with Crippen molar-refractivity contribution >= 4 is 21.9 Å². The van der Waals surface area contributed by atoms with Crippen molar-refractivity contribution in [2.24, 2.45) is 5.92 Å². The first-order valence-corrected chi connectivity index (χ1v) is 4.86. The number of hydrogen-bond acceptors (Lipinski definition) is 3. The van der Waals surface area contributed by atoms with Gasteiger partial charge in [-0.2, -0.15) is 0 Å². The molecule has 0 saturated carbocycles. The summed E-state index contributed by atoms with van der Waals surface area (Å²) < 4.78 is 5.59. The van der Waals surface area contributed by atoms with Crippen LogP contribution in [-0.4, -0.2) is 16.2 Å². The minimum Gasteiger partial charge on any atom is -0.481 e. The van der Waals surface area contributed by atoms with E-state index >= 15 is 0 Å². The molecule has 0 spiro atoms. The van der Waals surface area contributed by atoms with Crippen molar-refractivity contribution in [1.29, 1.82) is 0 Å². The average molecular weight is 263 g/mol. The molecule has 14 heavy (non-hydrogen) atoms. The summed E-state index contributed by atoms with van der Waals surface area (Å²) in [5.74, 6) is -1.76. The van der Waals surface area contributed by atoms with Gasteiger partial charge in [0.15, 0.2) is 4.67 Å². The van der Waals surface area contributed by atoms with E-state index in [9.17, 15) is 9.90 Å². The Kier molecular flexibility index (Phi) is 3.01. The maximum Gasteiger partial charge on any atom is 0.309 e. The lowest BCUT2D eigenvalue weighted by Gasteiger charge is -2.24. The van der Waals surface area contributed by atoms with Crippen molar-refractivity contribution in [3.05, 3.63) is 22.6 Å². The molecule has 5 heteroatoms. The molecule has 0 fully saturated rings. The number of carboxylic acids is 1. The maximum absolute atomic E-state index is 10.7. The van der Waals surface area contributed by atoms with Crippen LogP contribution in [0.3, 0.4) is 0 Å². The summed E-state index contributed by atoms with van der Waals surface area (Å²) >= 11 is 3.09. The molecule has 78 valence electrons. The summed E-state index contributed by atoms with van der Waals surface area (Å²) in [6.07, 6.45) is 0. The number of furan rings is 1. The van der Waals surface area contributed by atoms with Gasteiger partial charge in [-0.25, -0.2) is 0 Å². The van der Waals surface area contributed by atoms with Crippen LogP contribution in [-0.2, 0) is 10.4 Å². The maximum atomic E-state index is 10.7. The molecular weight excluding hydrogens is 252 g/mol. The van der Waals surface area contributed by atoms with Gasteiger partial charge in [0, 0.05) is 0 Å². The van der Waals surface area contributed by atoms with E-state index in [4.69, 9.17) is 9.52 Å². The number of carbonyl (C=O) groups is 1. The van der Waals surface area contributed by atoms with E-state index in [-0.39, 0.29) is 5.76 Å². The van der Waals surface area contributed by atoms with Crippen LogP contribution >= 0.6 is 15.9 Å². The number of carboxylic acid groups (broad SMARTS) is 1. The van der Waals surface area contributed by atoms with Crippen molar-refractivity contribution in [3.63, 3.8) is 0 Å². The number of rotatable bonds is 3. The lowest BCUT2D eigenvalue weighted by atomic mass is 9.88. The molecule has 0 aliphatic carbocycles. The Morgan fingerprint density at radius 1 is 1.64 bits per heavy atom. The average Bonchev–Trinajstić information content (AvgIpc) is 2.50. The van der Waals surface area contributed by atoms with Crippen molar-refractivity contribution in [3.8, 4) is 0 Å². The highest BCUT2D eigenvalue weighted by atomic mass is 79.9. The second kappa shape index (κ2) is 3.74. The van der Waals surface area contributed by atoms with E-state index in [0.29, 0.717) is 4.67 Å². The smallest absolute Gasteiger partial charge is 0.309 e. The van der Waals surface area contributed by atoms with Crippen LogP contribution in [0.4, 0.5) is 0 Å². The molecule has 4 nitrogen and oxygen atoms in total. The normalized spacial score (nSPS) is 17.4. The topological polar surface area (TPSA) is 70.7 Å². The Labute approximate surface area is 89.7 Å². The predicted molar refractivity (Wildman–Crippen MR) is 52.8 cm³/mol. The molecule has 2 unspecified atom stereocenters. The van der Waals surface area contributed by atoms with Gasteiger partial charge in [-0.05, 0) is 41.9 Å². The van der Waals surface area contributed by atoms with Gasteiger partial charge in [-0.1, -0.05) is 0 Å². The summed E-state index contributed by atoms with van der Waals surface area (Å²) in [5.41, 5.74) is -1.50. The monoisotopic (exact) mass is 262 g/mol. The Hall–Kier alpha value is -0.810. The van der Waals surface area contributed by atoms with Crippen LogP contribution in [0.1, 0.15) is 19.6 Å². The fourth-order valence-corrected chi connectivity index (χ4v) is 1.35. The van der Waals surface area contributed by atoms with Gasteiger partial charge in [0.1, 0.15) is 11.4 Å². The summed E-state index contributed by atoms with van der Waals surface area (Å²) in [5, 5.41) is 18.7. The van der Waals surface area contributed by atoms with E-state index in [2.05, 4.69) is 15.9 Å². The lowest BCUT2D eigenvalue weighted by Crippen LogP contribution is -2.34. The Balaban J connectivity index is 3.01. The molecule has 1 aromatic heterocycles. The van der Waals surface area contributed by atoms with Crippen molar-refractivity contribution in [2.75, 3.05) is 0 Å². The molecule has 0 amide bonds. The van der Waals surface area contributed by atoms with Crippen molar-refractivity contribution in [2.45, 2.75) is 19.4 Å². The van der Waals surface area contributed by atoms with Gasteiger partial charge in [-0.3, -0.25) is 4.79 Å². The van der Waals surface area contributed by atoms with E-state index in [0.717, 1.165) is 0 Å². The highest BCUT2D eigenvalue weighted by molar-refractivity contribution is 9.10. The zero-order chi connectivity index (χ0) is 10.9. The first-order chi connectivity index (χ1) is 6.35. The number of aliphatic hydroxyl groups is 1.